The van der Waals surface area contributed by atoms with Gasteiger partial charge < -0.3 is 9.64 Å². The average molecular weight is 370 g/mol. The number of hydrogen-bond donors (Lipinski definition) is 0. The van der Waals surface area contributed by atoms with Crippen LogP contribution in [-0.2, 0) is 0 Å². The zero-order valence-corrected chi connectivity index (χ0v) is 15.0. The van der Waals surface area contributed by atoms with E-state index in [0.717, 1.165) is 35.2 Å². The maximum absolute atomic E-state index is 13.0. The second-order valence-corrected chi connectivity index (χ2v) is 7.39. The molecular formula is C20H19FN2O2S. The molecule has 0 radical (unpaired) electrons. The largest absolute Gasteiger partial charge is 0.493 e. The molecule has 1 fully saturated rings. The highest BCUT2D eigenvalue weighted by Crippen LogP contribution is 2.26. The second kappa shape index (κ2) is 7.41. The molecule has 1 atom stereocenters. The van der Waals surface area contributed by atoms with Crippen LogP contribution in [0.4, 0.5) is 4.39 Å². The number of ether oxygens (including phenoxy) is 1. The number of piperidine rings is 1. The zero-order valence-electron chi connectivity index (χ0n) is 14.2. The molecule has 26 heavy (non-hydrogen) atoms. The van der Waals surface area contributed by atoms with Gasteiger partial charge in [-0.3, -0.25) is 4.79 Å². The summed E-state index contributed by atoms with van der Waals surface area (Å²) in [5.41, 5.74) is 3.37. The maximum atomic E-state index is 13.0. The first-order valence-electron chi connectivity index (χ1n) is 8.70. The van der Waals surface area contributed by atoms with Gasteiger partial charge in [0.2, 0.25) is 0 Å². The van der Waals surface area contributed by atoms with Crippen LogP contribution in [0.3, 0.4) is 0 Å². The molecule has 1 amide bonds. The molecule has 0 N–H and O–H groups in total. The lowest BCUT2D eigenvalue weighted by Crippen LogP contribution is -2.41. The van der Waals surface area contributed by atoms with E-state index in [1.54, 1.807) is 17.6 Å². The second-order valence-electron chi connectivity index (χ2n) is 6.53. The van der Waals surface area contributed by atoms with Crippen molar-refractivity contribution in [1.29, 1.82) is 0 Å². The van der Waals surface area contributed by atoms with E-state index in [-0.39, 0.29) is 17.6 Å². The van der Waals surface area contributed by atoms with Crippen LogP contribution in [-0.4, -0.2) is 35.5 Å². The predicted molar refractivity (Wildman–Crippen MR) is 100 cm³/mol. The minimum absolute atomic E-state index is 0.0614. The number of amides is 1. The van der Waals surface area contributed by atoms with Crippen molar-refractivity contribution < 1.29 is 13.9 Å². The van der Waals surface area contributed by atoms with Crippen LogP contribution in [0.1, 0.15) is 23.2 Å². The van der Waals surface area contributed by atoms with Crippen molar-refractivity contribution in [2.45, 2.75) is 12.8 Å². The van der Waals surface area contributed by atoms with E-state index in [4.69, 9.17) is 4.74 Å². The van der Waals surface area contributed by atoms with Gasteiger partial charge in [0, 0.05) is 19.0 Å². The van der Waals surface area contributed by atoms with Crippen LogP contribution in [0.25, 0.3) is 10.2 Å². The molecule has 1 saturated heterocycles. The van der Waals surface area contributed by atoms with Gasteiger partial charge in [0.15, 0.2) is 0 Å². The summed E-state index contributed by atoms with van der Waals surface area (Å²) in [6, 6.07) is 11.7. The number of carbonyl (C=O) groups is 1. The van der Waals surface area contributed by atoms with Gasteiger partial charge in [-0.1, -0.05) is 6.07 Å². The molecule has 6 heteroatoms. The molecule has 2 heterocycles. The standard InChI is InChI=1S/C20H19FN2O2S/c21-15-6-8-16(9-7-15)25-12-14-3-2-10-23(11-14)20(24)17-4-1-5-18-19(17)26-13-22-18/h1,4-9,13-14H,2-3,10-12H2. The van der Waals surface area contributed by atoms with Gasteiger partial charge in [-0.15, -0.1) is 11.3 Å². The fourth-order valence-electron chi connectivity index (χ4n) is 3.36. The van der Waals surface area contributed by atoms with Crippen molar-refractivity contribution in [2.75, 3.05) is 19.7 Å². The van der Waals surface area contributed by atoms with Crippen molar-refractivity contribution >= 4 is 27.5 Å². The number of benzene rings is 2. The van der Waals surface area contributed by atoms with Gasteiger partial charge in [0.1, 0.15) is 11.6 Å². The zero-order chi connectivity index (χ0) is 17.9. The number of likely N-dealkylation sites (tertiary alicyclic amines) is 1. The topological polar surface area (TPSA) is 42.4 Å². The van der Waals surface area contributed by atoms with Crippen molar-refractivity contribution in [3.8, 4) is 5.75 Å². The number of rotatable bonds is 4. The third-order valence-electron chi connectivity index (χ3n) is 4.69. The lowest BCUT2D eigenvalue weighted by atomic mass is 9.98. The van der Waals surface area contributed by atoms with Crippen LogP contribution >= 0.6 is 11.3 Å². The molecule has 1 aliphatic rings. The molecule has 0 spiro atoms. The number of thiazole rings is 1. The summed E-state index contributed by atoms with van der Waals surface area (Å²) < 4.78 is 19.7. The molecule has 4 rings (SSSR count). The summed E-state index contributed by atoms with van der Waals surface area (Å²) >= 11 is 1.50. The first-order valence-corrected chi connectivity index (χ1v) is 9.58. The quantitative estimate of drug-likeness (QED) is 0.685. The van der Waals surface area contributed by atoms with Gasteiger partial charge in [-0.05, 0) is 49.2 Å². The predicted octanol–water partition coefficient (Wildman–Crippen LogP) is 4.37. The Balaban J connectivity index is 1.42. The fraction of sp³-hybridized carbons (Fsp3) is 0.300. The minimum Gasteiger partial charge on any atom is -0.493 e. The Morgan fingerprint density at radius 3 is 2.96 bits per heavy atom. The minimum atomic E-state index is -0.274. The average Bonchev–Trinajstić information content (AvgIpc) is 3.16. The summed E-state index contributed by atoms with van der Waals surface area (Å²) in [4.78, 5) is 19.2. The summed E-state index contributed by atoms with van der Waals surface area (Å²) in [5.74, 6) is 0.720. The van der Waals surface area contributed by atoms with E-state index >= 15 is 0 Å². The Bertz CT molecular complexity index is 910. The first kappa shape index (κ1) is 17.0. The van der Waals surface area contributed by atoms with Gasteiger partial charge in [0.05, 0.1) is 27.9 Å². The van der Waals surface area contributed by atoms with Gasteiger partial charge in [-0.25, -0.2) is 9.37 Å². The van der Waals surface area contributed by atoms with Crippen molar-refractivity contribution in [3.05, 3.63) is 59.4 Å². The smallest absolute Gasteiger partial charge is 0.255 e. The summed E-state index contributed by atoms with van der Waals surface area (Å²) in [7, 11) is 0. The van der Waals surface area contributed by atoms with Crippen molar-refractivity contribution in [1.82, 2.24) is 9.88 Å². The van der Waals surface area contributed by atoms with Crippen LogP contribution in [0.15, 0.2) is 48.0 Å². The van der Waals surface area contributed by atoms with Gasteiger partial charge in [-0.2, -0.15) is 0 Å². The van der Waals surface area contributed by atoms with E-state index in [9.17, 15) is 9.18 Å². The molecule has 2 aromatic carbocycles. The molecular weight excluding hydrogens is 351 g/mol. The highest BCUT2D eigenvalue weighted by atomic mass is 32.1. The summed E-state index contributed by atoms with van der Waals surface area (Å²) in [6.07, 6.45) is 1.98. The highest BCUT2D eigenvalue weighted by Gasteiger charge is 2.26. The van der Waals surface area contributed by atoms with Crippen molar-refractivity contribution in [2.24, 2.45) is 5.92 Å². The Labute approximate surface area is 155 Å². The monoisotopic (exact) mass is 370 g/mol. The van der Waals surface area contributed by atoms with E-state index in [2.05, 4.69) is 4.98 Å². The highest BCUT2D eigenvalue weighted by molar-refractivity contribution is 7.17. The molecule has 3 aromatic rings. The van der Waals surface area contributed by atoms with Gasteiger partial charge >= 0.3 is 0 Å². The SMILES string of the molecule is O=C(c1cccc2ncsc12)N1CCCC(COc2ccc(F)cc2)C1. The lowest BCUT2D eigenvalue weighted by Gasteiger charge is -2.32. The molecule has 0 bridgehead atoms. The Hall–Kier alpha value is -2.47. The molecule has 134 valence electrons. The number of carbonyl (C=O) groups excluding carboxylic acids is 1. The van der Waals surface area contributed by atoms with Crippen molar-refractivity contribution in [3.63, 3.8) is 0 Å². The van der Waals surface area contributed by atoms with E-state index in [0.29, 0.717) is 18.9 Å². The fourth-order valence-corrected chi connectivity index (χ4v) is 4.15. The molecule has 1 aromatic heterocycles. The molecule has 0 saturated carbocycles. The third-order valence-corrected chi connectivity index (χ3v) is 5.57. The lowest BCUT2D eigenvalue weighted by molar-refractivity contribution is 0.0635. The molecule has 1 aliphatic heterocycles. The van der Waals surface area contributed by atoms with E-state index in [1.807, 2.05) is 23.1 Å². The van der Waals surface area contributed by atoms with Crippen LogP contribution < -0.4 is 4.74 Å². The van der Waals surface area contributed by atoms with Crippen LogP contribution in [0.2, 0.25) is 0 Å². The molecule has 4 nitrogen and oxygen atoms in total. The van der Waals surface area contributed by atoms with E-state index in [1.165, 1.54) is 23.5 Å². The number of halogens is 1. The number of hydrogen-bond acceptors (Lipinski definition) is 4. The number of fused-ring (bicyclic) bond motifs is 1. The maximum Gasteiger partial charge on any atom is 0.255 e. The Morgan fingerprint density at radius 2 is 2.12 bits per heavy atom. The molecule has 1 unspecified atom stereocenters. The number of nitrogens with zero attached hydrogens (tertiary/aromatic N) is 2. The molecule has 0 aliphatic carbocycles. The van der Waals surface area contributed by atoms with E-state index < -0.39 is 0 Å². The first-order chi connectivity index (χ1) is 12.7. The van der Waals surface area contributed by atoms with Crippen LogP contribution in [0, 0.1) is 11.7 Å². The Morgan fingerprint density at radius 1 is 1.27 bits per heavy atom. The summed E-state index contributed by atoms with van der Waals surface area (Å²) in [6.45, 7) is 1.97. The Kier molecular flexibility index (Phi) is 4.84. The number of aromatic nitrogens is 1. The third kappa shape index (κ3) is 3.55. The normalized spacial score (nSPS) is 17.4. The summed E-state index contributed by atoms with van der Waals surface area (Å²) in [5, 5.41) is 0. The van der Waals surface area contributed by atoms with Gasteiger partial charge in [0.25, 0.3) is 5.91 Å². The van der Waals surface area contributed by atoms with Crippen LogP contribution in [0.5, 0.6) is 5.75 Å².